The molecule has 16 heavy (non-hydrogen) atoms. The summed E-state index contributed by atoms with van der Waals surface area (Å²) in [7, 11) is 0. The Labute approximate surface area is 110 Å². The van der Waals surface area contributed by atoms with Crippen molar-refractivity contribution in [3.63, 3.8) is 0 Å². The lowest BCUT2D eigenvalue weighted by atomic mass is 9.79. The average molecular weight is 349 g/mol. The third kappa shape index (κ3) is 2.40. The lowest BCUT2D eigenvalue weighted by Crippen LogP contribution is -2.43. The number of benzene rings is 1. The molecule has 1 aromatic carbocycles. The second kappa shape index (κ2) is 4.75. The fourth-order valence-corrected chi connectivity index (χ4v) is 2.94. The molecule has 2 atom stereocenters. The van der Waals surface area contributed by atoms with Gasteiger partial charge < -0.3 is 10.4 Å². The van der Waals surface area contributed by atoms with Crippen molar-refractivity contribution in [3.8, 4) is 0 Å². The van der Waals surface area contributed by atoms with E-state index in [-0.39, 0.29) is 12.0 Å². The standard InChI is InChI=1S/C11H11Br2NO2/c12-6-1-3-10(8(13)5-6)14-9-4-2-7(9)11(15)16/h1,3,5,7,9,14H,2,4H2,(H,15,16). The molecule has 0 amide bonds. The van der Waals surface area contributed by atoms with E-state index in [4.69, 9.17) is 5.11 Å². The molecular weight excluding hydrogens is 338 g/mol. The molecule has 2 rings (SSSR count). The van der Waals surface area contributed by atoms with Crippen LogP contribution < -0.4 is 5.32 Å². The molecule has 0 saturated heterocycles. The first-order valence-electron chi connectivity index (χ1n) is 5.02. The van der Waals surface area contributed by atoms with Crippen LogP contribution in [-0.4, -0.2) is 17.1 Å². The molecule has 0 aliphatic heterocycles. The maximum atomic E-state index is 10.9. The topological polar surface area (TPSA) is 49.3 Å². The summed E-state index contributed by atoms with van der Waals surface area (Å²) in [6, 6.07) is 5.86. The van der Waals surface area contributed by atoms with E-state index >= 15 is 0 Å². The lowest BCUT2D eigenvalue weighted by molar-refractivity contribution is -0.144. The highest BCUT2D eigenvalue weighted by Crippen LogP contribution is 2.34. The van der Waals surface area contributed by atoms with Crippen molar-refractivity contribution in [2.45, 2.75) is 18.9 Å². The van der Waals surface area contributed by atoms with E-state index < -0.39 is 5.97 Å². The lowest BCUT2D eigenvalue weighted by Gasteiger charge is -2.35. The minimum absolute atomic E-state index is 0.0509. The molecule has 1 aromatic rings. The van der Waals surface area contributed by atoms with Gasteiger partial charge in [0.05, 0.1) is 5.92 Å². The van der Waals surface area contributed by atoms with E-state index in [9.17, 15) is 4.79 Å². The Morgan fingerprint density at radius 3 is 2.62 bits per heavy atom. The Morgan fingerprint density at radius 2 is 2.12 bits per heavy atom. The zero-order chi connectivity index (χ0) is 11.7. The molecule has 0 spiro atoms. The number of anilines is 1. The zero-order valence-electron chi connectivity index (χ0n) is 8.41. The molecule has 1 saturated carbocycles. The van der Waals surface area contributed by atoms with E-state index in [0.717, 1.165) is 27.5 Å². The molecular formula is C11H11Br2NO2. The molecule has 0 radical (unpaired) electrons. The van der Waals surface area contributed by atoms with Crippen molar-refractivity contribution in [3.05, 3.63) is 27.1 Å². The molecule has 0 heterocycles. The molecule has 0 bridgehead atoms. The smallest absolute Gasteiger partial charge is 0.308 e. The molecule has 2 N–H and O–H groups in total. The highest BCUT2D eigenvalue weighted by molar-refractivity contribution is 9.11. The predicted octanol–water partition coefficient (Wildman–Crippen LogP) is 3.49. The van der Waals surface area contributed by atoms with Crippen LogP contribution in [0.25, 0.3) is 0 Å². The van der Waals surface area contributed by atoms with Gasteiger partial charge in [-0.1, -0.05) is 15.9 Å². The summed E-state index contributed by atoms with van der Waals surface area (Å²) in [5.41, 5.74) is 0.944. The highest BCUT2D eigenvalue weighted by Gasteiger charge is 2.36. The average Bonchev–Trinajstić information content (AvgIpc) is 2.13. The second-order valence-electron chi connectivity index (χ2n) is 3.90. The van der Waals surface area contributed by atoms with E-state index in [2.05, 4.69) is 37.2 Å². The van der Waals surface area contributed by atoms with E-state index in [1.165, 1.54) is 0 Å². The zero-order valence-corrected chi connectivity index (χ0v) is 11.6. The molecule has 1 aliphatic carbocycles. The van der Waals surface area contributed by atoms with Gasteiger partial charge >= 0.3 is 5.97 Å². The van der Waals surface area contributed by atoms with Crippen LogP contribution in [0.5, 0.6) is 0 Å². The monoisotopic (exact) mass is 347 g/mol. The highest BCUT2D eigenvalue weighted by atomic mass is 79.9. The van der Waals surface area contributed by atoms with Gasteiger partial charge in [0, 0.05) is 20.7 Å². The maximum Gasteiger partial charge on any atom is 0.308 e. The van der Waals surface area contributed by atoms with E-state index in [0.29, 0.717) is 0 Å². The quantitative estimate of drug-likeness (QED) is 0.879. The number of carbonyl (C=O) groups is 1. The molecule has 0 aromatic heterocycles. The minimum atomic E-state index is -0.711. The number of hydrogen-bond donors (Lipinski definition) is 2. The number of carboxylic acid groups (broad SMARTS) is 1. The normalized spacial score (nSPS) is 23.6. The van der Waals surface area contributed by atoms with Crippen LogP contribution in [0.3, 0.4) is 0 Å². The van der Waals surface area contributed by atoms with Gasteiger partial charge in [-0.3, -0.25) is 4.79 Å². The van der Waals surface area contributed by atoms with Gasteiger partial charge in [-0.25, -0.2) is 0 Å². The fourth-order valence-electron chi connectivity index (χ4n) is 1.77. The van der Waals surface area contributed by atoms with Crippen molar-refractivity contribution in [2.75, 3.05) is 5.32 Å². The van der Waals surface area contributed by atoms with Gasteiger partial charge in [0.2, 0.25) is 0 Å². The van der Waals surface area contributed by atoms with E-state index in [1.807, 2.05) is 18.2 Å². The van der Waals surface area contributed by atoms with Crippen LogP contribution in [0.4, 0.5) is 5.69 Å². The van der Waals surface area contributed by atoms with Crippen LogP contribution in [0.1, 0.15) is 12.8 Å². The SMILES string of the molecule is O=C(O)C1CCC1Nc1ccc(Br)cc1Br. The summed E-state index contributed by atoms with van der Waals surface area (Å²) in [6.45, 7) is 0. The fraction of sp³-hybridized carbons (Fsp3) is 0.364. The summed E-state index contributed by atoms with van der Waals surface area (Å²) < 4.78 is 1.94. The summed E-state index contributed by atoms with van der Waals surface area (Å²) in [5.74, 6) is -0.965. The van der Waals surface area contributed by atoms with Crippen molar-refractivity contribution < 1.29 is 9.90 Å². The van der Waals surface area contributed by atoms with Crippen molar-refractivity contribution in [2.24, 2.45) is 5.92 Å². The Hall–Kier alpha value is -0.550. The van der Waals surface area contributed by atoms with Gasteiger partial charge in [0.1, 0.15) is 0 Å². The number of nitrogens with one attached hydrogen (secondary N) is 1. The van der Waals surface area contributed by atoms with Gasteiger partial charge in [-0.2, -0.15) is 0 Å². The first-order valence-corrected chi connectivity index (χ1v) is 6.61. The summed E-state index contributed by atoms with van der Waals surface area (Å²) in [5, 5.41) is 12.2. The largest absolute Gasteiger partial charge is 0.481 e. The Balaban J connectivity index is 2.07. The molecule has 1 fully saturated rings. The Morgan fingerprint density at radius 1 is 1.38 bits per heavy atom. The Bertz CT molecular complexity index is 422. The van der Waals surface area contributed by atoms with Gasteiger partial charge in [-0.15, -0.1) is 0 Å². The summed E-state index contributed by atoms with van der Waals surface area (Å²) in [4.78, 5) is 10.9. The van der Waals surface area contributed by atoms with Crippen LogP contribution >= 0.6 is 31.9 Å². The number of aliphatic carboxylic acids is 1. The van der Waals surface area contributed by atoms with Crippen LogP contribution in [0.15, 0.2) is 27.1 Å². The predicted molar refractivity (Wildman–Crippen MR) is 69.6 cm³/mol. The molecule has 3 nitrogen and oxygen atoms in total. The molecule has 86 valence electrons. The molecule has 5 heteroatoms. The van der Waals surface area contributed by atoms with Crippen LogP contribution in [0, 0.1) is 5.92 Å². The van der Waals surface area contributed by atoms with E-state index in [1.54, 1.807) is 0 Å². The van der Waals surface area contributed by atoms with Gasteiger partial charge in [0.25, 0.3) is 0 Å². The van der Waals surface area contributed by atoms with Gasteiger partial charge in [0.15, 0.2) is 0 Å². The number of carboxylic acids is 1. The molecule has 1 aliphatic rings. The van der Waals surface area contributed by atoms with Crippen molar-refractivity contribution in [1.29, 1.82) is 0 Å². The summed E-state index contributed by atoms with van der Waals surface area (Å²) in [6.07, 6.45) is 1.68. The number of hydrogen-bond acceptors (Lipinski definition) is 2. The first kappa shape index (κ1) is 11.9. The van der Waals surface area contributed by atoms with Crippen molar-refractivity contribution >= 4 is 43.5 Å². The third-order valence-electron chi connectivity index (χ3n) is 2.86. The minimum Gasteiger partial charge on any atom is -0.481 e. The Kier molecular flexibility index (Phi) is 3.54. The van der Waals surface area contributed by atoms with Crippen LogP contribution in [-0.2, 0) is 4.79 Å². The summed E-state index contributed by atoms with van der Waals surface area (Å²) >= 11 is 6.82. The third-order valence-corrected chi connectivity index (χ3v) is 4.01. The van der Waals surface area contributed by atoms with Crippen LogP contribution in [0.2, 0.25) is 0 Å². The molecule has 2 unspecified atom stereocenters. The second-order valence-corrected chi connectivity index (χ2v) is 5.67. The van der Waals surface area contributed by atoms with Crippen molar-refractivity contribution in [1.82, 2.24) is 0 Å². The number of halogens is 2. The number of rotatable bonds is 3. The van der Waals surface area contributed by atoms with Gasteiger partial charge in [-0.05, 0) is 47.0 Å². The maximum absolute atomic E-state index is 10.9. The first-order chi connectivity index (χ1) is 7.58.